The molecule has 1 saturated carbocycles. The van der Waals surface area contributed by atoms with Gasteiger partial charge >= 0.3 is 6.09 Å². The van der Waals surface area contributed by atoms with E-state index in [0.29, 0.717) is 37.3 Å². The fourth-order valence-electron chi connectivity index (χ4n) is 5.18. The van der Waals surface area contributed by atoms with Crippen LogP contribution in [0.1, 0.15) is 43.2 Å². The van der Waals surface area contributed by atoms with Gasteiger partial charge in [0.15, 0.2) is 17.0 Å². The maximum atomic E-state index is 12.9. The lowest BCUT2D eigenvalue weighted by Crippen LogP contribution is -2.66. The molecular weight excluding hydrogens is 413 g/mol. The number of rotatable bonds is 2. The quantitative estimate of drug-likeness (QED) is 0.616. The fourth-order valence-corrected chi connectivity index (χ4v) is 6.30. The molecule has 2 fully saturated rings. The number of alkyl halides is 3. The molecule has 1 unspecified atom stereocenters. The zero-order valence-electron chi connectivity index (χ0n) is 15.3. The van der Waals surface area contributed by atoms with E-state index >= 15 is 0 Å². The Hall–Kier alpha value is -1.04. The van der Waals surface area contributed by atoms with E-state index < -0.39 is 21.0 Å². The first-order chi connectivity index (χ1) is 12.8. The Labute approximate surface area is 173 Å². The number of hydrogen-bond donors (Lipinski definition) is 0. The van der Waals surface area contributed by atoms with Crippen LogP contribution in [0.25, 0.3) is 0 Å². The van der Waals surface area contributed by atoms with Crippen molar-refractivity contribution in [2.24, 2.45) is 0 Å². The van der Waals surface area contributed by atoms with E-state index in [0.717, 1.165) is 30.4 Å². The van der Waals surface area contributed by atoms with Crippen LogP contribution in [-0.4, -0.2) is 41.2 Å². The van der Waals surface area contributed by atoms with Crippen LogP contribution in [0.5, 0.6) is 11.5 Å². The van der Waals surface area contributed by atoms with Gasteiger partial charge in [0.2, 0.25) is 3.79 Å². The first kappa shape index (κ1) is 19.3. The summed E-state index contributed by atoms with van der Waals surface area (Å²) in [6.45, 7) is 0.428. The second-order valence-electron chi connectivity index (χ2n) is 7.40. The lowest BCUT2D eigenvalue weighted by atomic mass is 9.65. The molecule has 2 heterocycles. The minimum absolute atomic E-state index is 0.413. The smallest absolute Gasteiger partial charge is 0.411 e. The molecule has 27 heavy (non-hydrogen) atoms. The maximum Gasteiger partial charge on any atom is 0.411 e. The Morgan fingerprint density at radius 3 is 2.30 bits per heavy atom. The molecule has 1 saturated heterocycles. The van der Waals surface area contributed by atoms with Crippen LogP contribution in [0, 0.1) is 0 Å². The van der Waals surface area contributed by atoms with Gasteiger partial charge in [0.1, 0.15) is 5.60 Å². The summed E-state index contributed by atoms with van der Waals surface area (Å²) in [7, 11) is 3.16. The van der Waals surface area contributed by atoms with E-state index in [1.54, 1.807) is 19.1 Å². The third kappa shape index (κ3) is 2.47. The second-order valence-corrected chi connectivity index (χ2v) is 9.68. The standard InChI is InChI=1S/C19H22Cl3NO4/c1-25-14-10-12-6-9-23-16(24)27-17(7-4-3-5-8-17)18(23,19(20,21)22)13(12)11-15(14)26-2/h10-11H,3-9H2,1-2H3. The highest BCUT2D eigenvalue weighted by Crippen LogP contribution is 2.65. The monoisotopic (exact) mass is 433 g/mol. The lowest BCUT2D eigenvalue weighted by Gasteiger charge is -2.54. The van der Waals surface area contributed by atoms with Gasteiger partial charge in [-0.1, -0.05) is 41.2 Å². The van der Waals surface area contributed by atoms with E-state index in [-0.39, 0.29) is 0 Å². The maximum absolute atomic E-state index is 12.9. The number of carbonyl (C=O) groups excluding carboxylic acids is 1. The molecule has 1 amide bonds. The molecule has 3 aliphatic rings. The summed E-state index contributed by atoms with van der Waals surface area (Å²) >= 11 is 20.0. The van der Waals surface area contributed by atoms with Gasteiger partial charge < -0.3 is 14.2 Å². The number of fused-ring (bicyclic) bond motifs is 4. The lowest BCUT2D eigenvalue weighted by molar-refractivity contribution is -0.0509. The molecule has 0 N–H and O–H groups in total. The number of halogens is 3. The van der Waals surface area contributed by atoms with Crippen LogP contribution in [0.3, 0.4) is 0 Å². The molecule has 8 heteroatoms. The van der Waals surface area contributed by atoms with Crippen LogP contribution in [0.2, 0.25) is 0 Å². The Bertz CT molecular complexity index is 773. The molecule has 5 nitrogen and oxygen atoms in total. The predicted octanol–water partition coefficient (Wildman–Crippen LogP) is 4.98. The molecule has 148 valence electrons. The van der Waals surface area contributed by atoms with Gasteiger partial charge in [0.25, 0.3) is 0 Å². The molecule has 1 spiro atoms. The largest absolute Gasteiger partial charge is 0.493 e. The number of ether oxygens (including phenoxy) is 3. The molecule has 0 aromatic heterocycles. The molecule has 0 bridgehead atoms. The van der Waals surface area contributed by atoms with Crippen molar-refractivity contribution in [2.45, 2.75) is 53.5 Å². The van der Waals surface area contributed by atoms with E-state index in [1.165, 1.54) is 0 Å². The topological polar surface area (TPSA) is 48.0 Å². The summed E-state index contributed by atoms with van der Waals surface area (Å²) in [5, 5.41) is 0. The summed E-state index contributed by atoms with van der Waals surface area (Å²) in [4.78, 5) is 14.5. The Morgan fingerprint density at radius 1 is 1.07 bits per heavy atom. The minimum Gasteiger partial charge on any atom is -0.493 e. The highest BCUT2D eigenvalue weighted by Gasteiger charge is 2.75. The van der Waals surface area contributed by atoms with E-state index in [4.69, 9.17) is 49.0 Å². The SMILES string of the molecule is COc1cc2c(cc1OC)C1(C(Cl)(Cl)Cl)N(CC2)C(=O)OC12CCCCC2. The number of amides is 1. The summed E-state index contributed by atoms with van der Waals surface area (Å²) in [6, 6.07) is 3.77. The third-order valence-electron chi connectivity index (χ3n) is 6.24. The molecular formula is C19H22Cl3NO4. The number of benzene rings is 1. The van der Waals surface area contributed by atoms with Crippen molar-refractivity contribution < 1.29 is 19.0 Å². The Morgan fingerprint density at radius 2 is 1.70 bits per heavy atom. The molecule has 1 aromatic rings. The average molecular weight is 435 g/mol. The van der Waals surface area contributed by atoms with Crippen LogP contribution in [0.15, 0.2) is 12.1 Å². The number of nitrogens with zero attached hydrogens (tertiary/aromatic N) is 1. The molecule has 1 aromatic carbocycles. The van der Waals surface area contributed by atoms with Crippen molar-refractivity contribution in [3.8, 4) is 11.5 Å². The first-order valence-electron chi connectivity index (χ1n) is 9.13. The number of carbonyl (C=O) groups is 1. The van der Waals surface area contributed by atoms with Gasteiger partial charge in [0, 0.05) is 6.54 Å². The van der Waals surface area contributed by atoms with Gasteiger partial charge in [-0.25, -0.2) is 4.79 Å². The molecule has 4 rings (SSSR count). The molecule has 1 atom stereocenters. The average Bonchev–Trinajstić information content (AvgIpc) is 2.89. The van der Waals surface area contributed by atoms with Gasteiger partial charge in [-0.15, -0.1) is 0 Å². The van der Waals surface area contributed by atoms with Crippen LogP contribution in [-0.2, 0) is 16.7 Å². The van der Waals surface area contributed by atoms with Crippen molar-refractivity contribution in [1.29, 1.82) is 0 Å². The highest BCUT2D eigenvalue weighted by atomic mass is 35.6. The van der Waals surface area contributed by atoms with E-state index in [9.17, 15) is 4.79 Å². The predicted molar refractivity (Wildman–Crippen MR) is 104 cm³/mol. The van der Waals surface area contributed by atoms with Crippen LogP contribution >= 0.6 is 34.8 Å². The Balaban J connectivity index is 2.04. The van der Waals surface area contributed by atoms with E-state index in [2.05, 4.69) is 0 Å². The first-order valence-corrected chi connectivity index (χ1v) is 10.3. The van der Waals surface area contributed by atoms with Crippen LogP contribution in [0.4, 0.5) is 4.79 Å². The summed E-state index contributed by atoms with van der Waals surface area (Å²) in [5.41, 5.74) is -0.310. The summed E-state index contributed by atoms with van der Waals surface area (Å²) < 4.78 is 15.2. The zero-order valence-corrected chi connectivity index (χ0v) is 17.6. The van der Waals surface area contributed by atoms with Crippen molar-refractivity contribution >= 4 is 40.9 Å². The van der Waals surface area contributed by atoms with Gasteiger partial charge in [-0.05, 0) is 55.4 Å². The van der Waals surface area contributed by atoms with Gasteiger partial charge in [-0.3, -0.25) is 4.90 Å². The number of methoxy groups -OCH3 is 2. The van der Waals surface area contributed by atoms with Crippen molar-refractivity contribution in [3.63, 3.8) is 0 Å². The second kappa shape index (κ2) is 6.50. The van der Waals surface area contributed by atoms with Gasteiger partial charge in [0.05, 0.1) is 14.2 Å². The van der Waals surface area contributed by atoms with E-state index in [1.807, 2.05) is 12.1 Å². The van der Waals surface area contributed by atoms with Crippen LogP contribution < -0.4 is 9.47 Å². The Kier molecular flexibility index (Phi) is 4.64. The number of hydrogen-bond acceptors (Lipinski definition) is 4. The van der Waals surface area contributed by atoms with Crippen molar-refractivity contribution in [1.82, 2.24) is 4.90 Å². The normalized spacial score (nSPS) is 26.4. The van der Waals surface area contributed by atoms with Crippen molar-refractivity contribution in [3.05, 3.63) is 23.3 Å². The minimum atomic E-state index is -1.77. The third-order valence-corrected chi connectivity index (χ3v) is 7.06. The molecule has 0 radical (unpaired) electrons. The molecule has 1 aliphatic carbocycles. The van der Waals surface area contributed by atoms with Crippen molar-refractivity contribution in [2.75, 3.05) is 20.8 Å². The highest BCUT2D eigenvalue weighted by molar-refractivity contribution is 6.68. The van der Waals surface area contributed by atoms with Gasteiger partial charge in [-0.2, -0.15) is 0 Å². The molecule has 2 aliphatic heterocycles. The summed E-state index contributed by atoms with van der Waals surface area (Å²) in [6.07, 6.45) is 4.47. The summed E-state index contributed by atoms with van der Waals surface area (Å²) in [5.74, 6) is 1.16. The zero-order chi connectivity index (χ0) is 19.4. The fraction of sp³-hybridized carbons (Fsp3) is 0.632.